The number of nitrogens with two attached hydrogens (primary N) is 1. The summed E-state index contributed by atoms with van der Waals surface area (Å²) < 4.78 is 5.45. The van der Waals surface area contributed by atoms with Crippen molar-refractivity contribution in [2.75, 3.05) is 12.3 Å². The summed E-state index contributed by atoms with van der Waals surface area (Å²) in [6, 6.07) is 8.07. The summed E-state index contributed by atoms with van der Waals surface area (Å²) in [4.78, 5) is 4.24. The second-order valence-electron chi connectivity index (χ2n) is 3.43. The Morgan fingerprint density at radius 3 is 3.00 bits per heavy atom. The van der Waals surface area contributed by atoms with Crippen LogP contribution in [0, 0.1) is 0 Å². The lowest BCUT2D eigenvalue weighted by atomic mass is 10.1. The maximum absolute atomic E-state index is 5.59. The summed E-state index contributed by atoms with van der Waals surface area (Å²) in [7, 11) is 0. The zero-order valence-corrected chi connectivity index (χ0v) is 9.96. The van der Waals surface area contributed by atoms with Crippen LogP contribution in [-0.2, 0) is 6.42 Å². The van der Waals surface area contributed by atoms with E-state index < -0.39 is 0 Å². The van der Waals surface area contributed by atoms with Gasteiger partial charge in [-0.25, -0.2) is 4.98 Å². The minimum absolute atomic E-state index is 0.621. The first-order valence-corrected chi connectivity index (χ1v) is 6.07. The third-order valence-electron chi connectivity index (χ3n) is 2.16. The fourth-order valence-electron chi connectivity index (χ4n) is 1.52. The Balaban J connectivity index is 2.12. The van der Waals surface area contributed by atoms with Crippen LogP contribution in [0.4, 0.5) is 5.13 Å². The highest BCUT2D eigenvalue weighted by atomic mass is 32.1. The number of nitrogens with zero attached hydrogens (tertiary/aromatic N) is 1. The SMILES string of the molecule is CCOc1cccc(Cc2csc(N)n2)c1. The van der Waals surface area contributed by atoms with Gasteiger partial charge in [0.15, 0.2) is 5.13 Å². The molecule has 0 spiro atoms. The van der Waals surface area contributed by atoms with Gasteiger partial charge in [0, 0.05) is 11.8 Å². The van der Waals surface area contributed by atoms with Crippen molar-refractivity contribution in [1.29, 1.82) is 0 Å². The highest BCUT2D eigenvalue weighted by molar-refractivity contribution is 7.13. The molecule has 0 saturated heterocycles. The van der Waals surface area contributed by atoms with Crippen molar-refractivity contribution in [3.8, 4) is 5.75 Å². The Hall–Kier alpha value is -1.55. The normalized spacial score (nSPS) is 10.3. The standard InChI is InChI=1S/C12H14N2OS/c1-2-15-11-5-3-4-9(7-11)6-10-8-16-12(13)14-10/h3-5,7-8H,2,6H2,1H3,(H2,13,14). The lowest BCUT2D eigenvalue weighted by Crippen LogP contribution is -1.94. The lowest BCUT2D eigenvalue weighted by molar-refractivity contribution is 0.340. The summed E-state index contributed by atoms with van der Waals surface area (Å²) in [5.74, 6) is 0.906. The van der Waals surface area contributed by atoms with Crippen LogP contribution in [0.3, 0.4) is 0 Å². The summed E-state index contributed by atoms with van der Waals surface area (Å²) in [5, 5.41) is 2.61. The van der Waals surface area contributed by atoms with Crippen molar-refractivity contribution in [3.05, 3.63) is 40.9 Å². The minimum atomic E-state index is 0.621. The molecule has 1 aromatic heterocycles. The molecule has 0 aliphatic heterocycles. The maximum Gasteiger partial charge on any atom is 0.180 e. The number of benzene rings is 1. The monoisotopic (exact) mass is 234 g/mol. The summed E-state index contributed by atoms with van der Waals surface area (Å²) in [6.07, 6.45) is 0.800. The molecule has 0 aliphatic carbocycles. The molecule has 4 heteroatoms. The van der Waals surface area contributed by atoms with E-state index in [-0.39, 0.29) is 0 Å². The van der Waals surface area contributed by atoms with Crippen molar-refractivity contribution in [3.63, 3.8) is 0 Å². The Bertz CT molecular complexity index is 468. The van der Waals surface area contributed by atoms with Crippen molar-refractivity contribution < 1.29 is 4.74 Å². The van der Waals surface area contributed by atoms with Gasteiger partial charge in [-0.15, -0.1) is 11.3 Å². The number of thiazole rings is 1. The van der Waals surface area contributed by atoms with E-state index >= 15 is 0 Å². The van der Waals surface area contributed by atoms with Gasteiger partial charge in [-0.3, -0.25) is 0 Å². The average molecular weight is 234 g/mol. The van der Waals surface area contributed by atoms with E-state index in [0.717, 1.165) is 17.9 Å². The van der Waals surface area contributed by atoms with E-state index in [1.54, 1.807) is 0 Å². The highest BCUT2D eigenvalue weighted by Gasteiger charge is 2.02. The molecular weight excluding hydrogens is 220 g/mol. The summed E-state index contributed by atoms with van der Waals surface area (Å²) in [5.41, 5.74) is 7.79. The number of anilines is 1. The van der Waals surface area contributed by atoms with Gasteiger partial charge in [0.2, 0.25) is 0 Å². The van der Waals surface area contributed by atoms with Crippen LogP contribution in [0.2, 0.25) is 0 Å². The van der Waals surface area contributed by atoms with Crippen LogP contribution in [-0.4, -0.2) is 11.6 Å². The second-order valence-corrected chi connectivity index (χ2v) is 4.32. The molecule has 16 heavy (non-hydrogen) atoms. The van der Waals surface area contributed by atoms with Gasteiger partial charge in [-0.2, -0.15) is 0 Å². The largest absolute Gasteiger partial charge is 0.494 e. The molecule has 2 rings (SSSR count). The van der Waals surface area contributed by atoms with E-state index in [9.17, 15) is 0 Å². The van der Waals surface area contributed by atoms with E-state index in [1.165, 1.54) is 16.9 Å². The van der Waals surface area contributed by atoms with Crippen molar-refractivity contribution in [2.45, 2.75) is 13.3 Å². The van der Waals surface area contributed by atoms with Crippen molar-refractivity contribution >= 4 is 16.5 Å². The second kappa shape index (κ2) is 4.99. The van der Waals surface area contributed by atoms with Gasteiger partial charge in [0.05, 0.1) is 12.3 Å². The predicted octanol–water partition coefficient (Wildman–Crippen LogP) is 2.71. The van der Waals surface area contributed by atoms with Crippen LogP contribution in [0.15, 0.2) is 29.6 Å². The van der Waals surface area contributed by atoms with Crippen molar-refractivity contribution in [2.24, 2.45) is 0 Å². The Morgan fingerprint density at radius 1 is 1.44 bits per heavy atom. The van der Waals surface area contributed by atoms with Crippen LogP contribution in [0.5, 0.6) is 5.75 Å². The molecule has 0 radical (unpaired) electrons. The van der Waals surface area contributed by atoms with Crippen LogP contribution in [0.25, 0.3) is 0 Å². The first-order chi connectivity index (χ1) is 7.78. The average Bonchev–Trinajstić information content (AvgIpc) is 2.65. The number of ether oxygens (including phenoxy) is 1. The van der Waals surface area contributed by atoms with E-state index in [4.69, 9.17) is 10.5 Å². The zero-order valence-electron chi connectivity index (χ0n) is 9.14. The molecule has 1 heterocycles. The van der Waals surface area contributed by atoms with Gasteiger partial charge in [-0.05, 0) is 24.6 Å². The third-order valence-corrected chi connectivity index (χ3v) is 2.89. The maximum atomic E-state index is 5.59. The van der Waals surface area contributed by atoms with E-state index in [1.807, 2.05) is 30.5 Å². The molecule has 0 aliphatic rings. The molecule has 0 bridgehead atoms. The molecule has 0 atom stereocenters. The van der Waals surface area contributed by atoms with Gasteiger partial charge in [0.25, 0.3) is 0 Å². The molecule has 2 aromatic rings. The Morgan fingerprint density at radius 2 is 2.31 bits per heavy atom. The fraction of sp³-hybridized carbons (Fsp3) is 0.250. The molecule has 3 nitrogen and oxygen atoms in total. The van der Waals surface area contributed by atoms with Crippen LogP contribution < -0.4 is 10.5 Å². The first-order valence-electron chi connectivity index (χ1n) is 5.19. The van der Waals surface area contributed by atoms with E-state index in [0.29, 0.717) is 11.7 Å². The fourth-order valence-corrected chi connectivity index (χ4v) is 2.09. The van der Waals surface area contributed by atoms with Crippen LogP contribution >= 0.6 is 11.3 Å². The lowest BCUT2D eigenvalue weighted by Gasteiger charge is -2.04. The van der Waals surface area contributed by atoms with Gasteiger partial charge in [-0.1, -0.05) is 12.1 Å². The number of hydrogen-bond donors (Lipinski definition) is 1. The summed E-state index contributed by atoms with van der Waals surface area (Å²) in [6.45, 7) is 2.67. The Kier molecular flexibility index (Phi) is 3.41. The molecule has 2 N–H and O–H groups in total. The third kappa shape index (κ3) is 2.73. The topological polar surface area (TPSA) is 48.1 Å². The molecule has 84 valence electrons. The molecule has 0 amide bonds. The smallest absolute Gasteiger partial charge is 0.180 e. The zero-order chi connectivity index (χ0) is 11.4. The highest BCUT2D eigenvalue weighted by Crippen LogP contribution is 2.18. The van der Waals surface area contributed by atoms with Crippen molar-refractivity contribution in [1.82, 2.24) is 4.98 Å². The number of aromatic nitrogens is 1. The number of rotatable bonds is 4. The first kappa shape index (κ1) is 11.0. The number of hydrogen-bond acceptors (Lipinski definition) is 4. The quantitative estimate of drug-likeness (QED) is 0.884. The molecule has 0 unspecified atom stereocenters. The van der Waals surface area contributed by atoms with E-state index in [2.05, 4.69) is 11.1 Å². The van der Waals surface area contributed by atoms with Crippen LogP contribution in [0.1, 0.15) is 18.2 Å². The molecule has 0 saturated carbocycles. The van der Waals surface area contributed by atoms with Gasteiger partial charge < -0.3 is 10.5 Å². The Labute approximate surface area is 98.9 Å². The van der Waals surface area contributed by atoms with Gasteiger partial charge in [0.1, 0.15) is 5.75 Å². The summed E-state index contributed by atoms with van der Waals surface area (Å²) >= 11 is 1.47. The van der Waals surface area contributed by atoms with Gasteiger partial charge >= 0.3 is 0 Å². The minimum Gasteiger partial charge on any atom is -0.494 e. The number of nitrogen functional groups attached to an aromatic ring is 1. The molecule has 1 aromatic carbocycles. The predicted molar refractivity (Wildman–Crippen MR) is 66.9 cm³/mol. The molecule has 0 fully saturated rings. The molecular formula is C12H14N2OS.